The summed E-state index contributed by atoms with van der Waals surface area (Å²) in [6, 6.07) is 8.79. The molecule has 1 aliphatic rings. The third kappa shape index (κ3) is 1.98. The van der Waals surface area contributed by atoms with Crippen LogP contribution in [0, 0.1) is 0 Å². The first-order chi connectivity index (χ1) is 9.53. The summed E-state index contributed by atoms with van der Waals surface area (Å²) >= 11 is 0. The van der Waals surface area contributed by atoms with Gasteiger partial charge in [0.2, 0.25) is 11.7 Å². The molecule has 1 aromatic carbocycles. The lowest BCUT2D eigenvalue weighted by atomic mass is 9.86. The number of hydrogen-bond donors (Lipinski definition) is 1. The number of hydrogen-bond acceptors (Lipinski definition) is 4. The van der Waals surface area contributed by atoms with E-state index < -0.39 is 11.6 Å². The summed E-state index contributed by atoms with van der Waals surface area (Å²) < 4.78 is 44.9. The molecule has 7 heteroatoms. The lowest BCUT2D eigenvalue weighted by Gasteiger charge is -2.26. The molecule has 3 rings (SSSR count). The lowest BCUT2D eigenvalue weighted by molar-refractivity contribution is -0.191. The van der Waals surface area contributed by atoms with Gasteiger partial charge in [0.05, 0.1) is 0 Å². The van der Waals surface area contributed by atoms with E-state index in [1.54, 1.807) is 24.3 Å². The van der Waals surface area contributed by atoms with E-state index >= 15 is 0 Å². The van der Waals surface area contributed by atoms with Crippen LogP contribution >= 0.6 is 0 Å². The highest BCUT2D eigenvalue weighted by Gasteiger charge is 2.61. The molecule has 1 unspecified atom stereocenters. The van der Waals surface area contributed by atoms with Crippen LogP contribution in [-0.4, -0.2) is 29.4 Å². The van der Waals surface area contributed by atoms with E-state index in [2.05, 4.69) is 15.5 Å². The van der Waals surface area contributed by atoms with Crippen LogP contribution in [0.4, 0.5) is 13.2 Å². The molecule has 1 fully saturated rings. The standard InChI is InChI=1S/C13H12F3N3O/c14-13(15,16)12(6-7-17-8-12)11-18-10(19-20-11)9-4-2-1-3-5-9/h1-5,17H,6-8H2. The second-order valence-electron chi connectivity index (χ2n) is 4.80. The maximum Gasteiger partial charge on any atom is 0.404 e. The molecular formula is C13H12F3N3O. The minimum Gasteiger partial charge on any atom is -0.338 e. The van der Waals surface area contributed by atoms with E-state index in [9.17, 15) is 13.2 Å². The van der Waals surface area contributed by atoms with Gasteiger partial charge in [0.15, 0.2) is 5.41 Å². The zero-order valence-electron chi connectivity index (χ0n) is 10.4. The highest BCUT2D eigenvalue weighted by Crippen LogP contribution is 2.44. The van der Waals surface area contributed by atoms with E-state index in [1.165, 1.54) is 0 Å². The van der Waals surface area contributed by atoms with E-state index in [0.29, 0.717) is 5.56 Å². The molecule has 2 heterocycles. The Morgan fingerprint density at radius 1 is 1.20 bits per heavy atom. The Balaban J connectivity index is 2.01. The number of aromatic nitrogens is 2. The van der Waals surface area contributed by atoms with Crippen molar-refractivity contribution in [2.45, 2.75) is 18.0 Å². The zero-order valence-corrected chi connectivity index (χ0v) is 10.4. The number of rotatable bonds is 2. The van der Waals surface area contributed by atoms with Crippen molar-refractivity contribution < 1.29 is 17.7 Å². The van der Waals surface area contributed by atoms with Crippen LogP contribution in [0.15, 0.2) is 34.9 Å². The molecule has 1 N–H and O–H groups in total. The van der Waals surface area contributed by atoms with Crippen molar-refractivity contribution in [3.63, 3.8) is 0 Å². The predicted molar refractivity (Wildman–Crippen MR) is 65.0 cm³/mol. The molecule has 1 aliphatic heterocycles. The predicted octanol–water partition coefficient (Wildman–Crippen LogP) is 2.53. The van der Waals surface area contributed by atoms with E-state index in [0.717, 1.165) is 0 Å². The van der Waals surface area contributed by atoms with Crippen LogP contribution in [-0.2, 0) is 5.41 Å². The van der Waals surface area contributed by atoms with Crippen LogP contribution in [0.1, 0.15) is 12.3 Å². The van der Waals surface area contributed by atoms with Gasteiger partial charge in [0.25, 0.3) is 0 Å². The van der Waals surface area contributed by atoms with Gasteiger partial charge >= 0.3 is 6.18 Å². The first-order valence-corrected chi connectivity index (χ1v) is 6.20. The maximum atomic E-state index is 13.3. The molecule has 1 saturated heterocycles. The topological polar surface area (TPSA) is 51.0 Å². The van der Waals surface area contributed by atoms with E-state index in [-0.39, 0.29) is 31.2 Å². The van der Waals surface area contributed by atoms with Gasteiger partial charge in [-0.05, 0) is 13.0 Å². The van der Waals surface area contributed by atoms with Gasteiger partial charge < -0.3 is 9.84 Å². The fourth-order valence-electron chi connectivity index (χ4n) is 2.36. The largest absolute Gasteiger partial charge is 0.404 e. The van der Waals surface area contributed by atoms with Crippen LogP contribution < -0.4 is 5.32 Å². The van der Waals surface area contributed by atoms with Gasteiger partial charge in [-0.25, -0.2) is 0 Å². The minimum absolute atomic E-state index is 0.0904. The molecule has 0 aliphatic carbocycles. The average molecular weight is 283 g/mol. The smallest absolute Gasteiger partial charge is 0.338 e. The maximum absolute atomic E-state index is 13.3. The minimum atomic E-state index is -4.42. The fraction of sp³-hybridized carbons (Fsp3) is 0.385. The summed E-state index contributed by atoms with van der Waals surface area (Å²) in [7, 11) is 0. The Morgan fingerprint density at radius 2 is 1.95 bits per heavy atom. The second-order valence-corrected chi connectivity index (χ2v) is 4.80. The quantitative estimate of drug-likeness (QED) is 0.920. The summed E-state index contributed by atoms with van der Waals surface area (Å²) in [5.41, 5.74) is -1.45. The molecule has 4 nitrogen and oxygen atoms in total. The van der Waals surface area contributed by atoms with Gasteiger partial charge in [-0.2, -0.15) is 18.2 Å². The molecule has 1 aromatic heterocycles. The number of alkyl halides is 3. The van der Waals surface area contributed by atoms with Crippen LogP contribution in [0.25, 0.3) is 11.4 Å². The Bertz CT molecular complexity index is 588. The molecule has 0 saturated carbocycles. The van der Waals surface area contributed by atoms with Crippen molar-refractivity contribution in [2.75, 3.05) is 13.1 Å². The Hall–Kier alpha value is -1.89. The van der Waals surface area contributed by atoms with Gasteiger partial charge in [0.1, 0.15) is 0 Å². The van der Waals surface area contributed by atoms with Crippen molar-refractivity contribution in [2.24, 2.45) is 0 Å². The Kier molecular flexibility index (Phi) is 3.01. The lowest BCUT2D eigenvalue weighted by Crippen LogP contribution is -2.44. The van der Waals surface area contributed by atoms with Gasteiger partial charge in [-0.15, -0.1) is 0 Å². The summed E-state index contributed by atoms with van der Waals surface area (Å²) in [6.45, 7) is 0.0511. The van der Waals surface area contributed by atoms with Gasteiger partial charge in [-0.1, -0.05) is 35.5 Å². The Labute approximate surface area is 113 Å². The third-order valence-electron chi connectivity index (χ3n) is 3.57. The summed E-state index contributed by atoms with van der Waals surface area (Å²) in [4.78, 5) is 3.96. The fourth-order valence-corrected chi connectivity index (χ4v) is 2.36. The molecule has 106 valence electrons. The van der Waals surface area contributed by atoms with Gasteiger partial charge in [-0.3, -0.25) is 0 Å². The average Bonchev–Trinajstić information content (AvgIpc) is 3.09. The summed E-state index contributed by atoms with van der Waals surface area (Å²) in [5.74, 6) is -0.190. The third-order valence-corrected chi connectivity index (χ3v) is 3.57. The highest BCUT2D eigenvalue weighted by molar-refractivity contribution is 5.53. The summed E-state index contributed by atoms with van der Waals surface area (Å²) in [6.07, 6.45) is -4.51. The summed E-state index contributed by atoms with van der Waals surface area (Å²) in [5, 5.41) is 6.40. The monoisotopic (exact) mass is 283 g/mol. The van der Waals surface area contributed by atoms with Crippen LogP contribution in [0.5, 0.6) is 0 Å². The molecule has 0 radical (unpaired) electrons. The second kappa shape index (κ2) is 4.59. The van der Waals surface area contributed by atoms with Crippen molar-refractivity contribution in [3.8, 4) is 11.4 Å². The van der Waals surface area contributed by atoms with Crippen LogP contribution in [0.3, 0.4) is 0 Å². The normalized spacial score (nSPS) is 23.1. The van der Waals surface area contributed by atoms with Crippen molar-refractivity contribution in [1.29, 1.82) is 0 Å². The molecule has 0 spiro atoms. The molecule has 20 heavy (non-hydrogen) atoms. The van der Waals surface area contributed by atoms with E-state index in [4.69, 9.17) is 4.52 Å². The molecular weight excluding hydrogens is 271 g/mol. The number of nitrogens with zero attached hydrogens (tertiary/aromatic N) is 2. The zero-order chi connectivity index (χ0) is 14.2. The highest BCUT2D eigenvalue weighted by atomic mass is 19.4. The molecule has 2 aromatic rings. The molecule has 1 atom stereocenters. The van der Waals surface area contributed by atoms with Crippen LogP contribution in [0.2, 0.25) is 0 Å². The number of halogens is 3. The first kappa shape index (κ1) is 13.1. The SMILES string of the molecule is FC(F)(F)C1(c2nc(-c3ccccc3)no2)CCNC1. The van der Waals surface area contributed by atoms with Crippen molar-refractivity contribution in [1.82, 2.24) is 15.5 Å². The van der Waals surface area contributed by atoms with Crippen molar-refractivity contribution in [3.05, 3.63) is 36.2 Å². The van der Waals surface area contributed by atoms with E-state index in [1.807, 2.05) is 6.07 Å². The van der Waals surface area contributed by atoms with Crippen molar-refractivity contribution >= 4 is 0 Å². The molecule has 0 bridgehead atoms. The van der Waals surface area contributed by atoms with Gasteiger partial charge in [0, 0.05) is 12.1 Å². The number of nitrogens with one attached hydrogen (secondary N) is 1. The number of benzene rings is 1. The first-order valence-electron chi connectivity index (χ1n) is 6.20. The molecule has 0 amide bonds. The Morgan fingerprint density at radius 3 is 2.55 bits per heavy atom.